The zero-order valence-corrected chi connectivity index (χ0v) is 11.1. The van der Waals surface area contributed by atoms with Crippen molar-refractivity contribution in [2.75, 3.05) is 11.4 Å². The highest BCUT2D eigenvalue weighted by atomic mass is 19.4. The SMILES string of the molecule is CC1(C(=O)O)CCCN1c1nc(C(F)(F)F)ccc1C#N. The Labute approximate surface area is 118 Å². The van der Waals surface area contributed by atoms with Crippen molar-refractivity contribution < 1.29 is 23.1 Å². The largest absolute Gasteiger partial charge is 0.480 e. The molecule has 0 radical (unpaired) electrons. The molecule has 2 rings (SSSR count). The Bertz CT molecular complexity index is 624. The second-order valence-corrected chi connectivity index (χ2v) is 5.01. The van der Waals surface area contributed by atoms with Crippen molar-refractivity contribution in [1.82, 2.24) is 4.98 Å². The molecule has 8 heteroatoms. The Balaban J connectivity index is 2.57. The van der Waals surface area contributed by atoms with E-state index in [1.807, 2.05) is 0 Å². The summed E-state index contributed by atoms with van der Waals surface area (Å²) in [7, 11) is 0. The number of hydrogen-bond acceptors (Lipinski definition) is 4. The average Bonchev–Trinajstić information content (AvgIpc) is 2.80. The number of alkyl halides is 3. The first-order chi connectivity index (χ1) is 9.70. The summed E-state index contributed by atoms with van der Waals surface area (Å²) in [5.74, 6) is -1.38. The predicted octanol–water partition coefficient (Wildman–Crippen LogP) is 2.42. The van der Waals surface area contributed by atoms with Crippen molar-refractivity contribution >= 4 is 11.8 Å². The fourth-order valence-corrected chi connectivity index (χ4v) is 2.42. The third kappa shape index (κ3) is 2.51. The van der Waals surface area contributed by atoms with Gasteiger partial charge < -0.3 is 10.0 Å². The minimum atomic E-state index is -4.65. The van der Waals surface area contributed by atoms with Gasteiger partial charge in [0, 0.05) is 6.54 Å². The van der Waals surface area contributed by atoms with Crippen LogP contribution in [0.4, 0.5) is 19.0 Å². The third-order valence-corrected chi connectivity index (χ3v) is 3.64. The number of carboxylic acids is 1. The highest BCUT2D eigenvalue weighted by Gasteiger charge is 2.45. The van der Waals surface area contributed by atoms with Gasteiger partial charge >= 0.3 is 12.1 Å². The van der Waals surface area contributed by atoms with Gasteiger partial charge in [0.25, 0.3) is 0 Å². The molecule has 5 nitrogen and oxygen atoms in total. The van der Waals surface area contributed by atoms with E-state index in [0.29, 0.717) is 6.42 Å². The molecule has 112 valence electrons. The maximum Gasteiger partial charge on any atom is 0.433 e. The average molecular weight is 299 g/mol. The monoisotopic (exact) mass is 299 g/mol. The topological polar surface area (TPSA) is 77.2 Å². The van der Waals surface area contributed by atoms with Gasteiger partial charge in [-0.25, -0.2) is 9.78 Å². The highest BCUT2D eigenvalue weighted by Crippen LogP contribution is 2.37. The molecule has 1 N–H and O–H groups in total. The Morgan fingerprint density at radius 2 is 2.19 bits per heavy atom. The standard InChI is InChI=1S/C13H12F3N3O2/c1-12(11(20)21)5-2-6-19(12)10-8(7-17)3-4-9(18-10)13(14,15)16/h3-4H,2,5-6H2,1H3,(H,20,21). The molecule has 1 aromatic heterocycles. The summed E-state index contributed by atoms with van der Waals surface area (Å²) in [6.45, 7) is 1.66. The van der Waals surface area contributed by atoms with E-state index in [0.717, 1.165) is 12.1 Å². The predicted molar refractivity (Wildman–Crippen MR) is 66.6 cm³/mol. The number of halogens is 3. The molecule has 0 aromatic carbocycles. The lowest BCUT2D eigenvalue weighted by atomic mass is 9.99. The number of carbonyl (C=O) groups is 1. The van der Waals surface area contributed by atoms with E-state index in [1.54, 1.807) is 6.07 Å². The fraction of sp³-hybridized carbons (Fsp3) is 0.462. The second-order valence-electron chi connectivity index (χ2n) is 5.01. The van der Waals surface area contributed by atoms with E-state index in [4.69, 9.17) is 5.26 Å². The highest BCUT2D eigenvalue weighted by molar-refractivity contribution is 5.84. The van der Waals surface area contributed by atoms with Crippen LogP contribution in [0, 0.1) is 11.3 Å². The number of nitriles is 1. The Kier molecular flexibility index (Phi) is 3.53. The van der Waals surface area contributed by atoms with Crippen LogP contribution in [0.3, 0.4) is 0 Å². The molecule has 2 heterocycles. The number of anilines is 1. The number of hydrogen-bond donors (Lipinski definition) is 1. The number of nitrogens with zero attached hydrogens (tertiary/aromatic N) is 3. The maximum atomic E-state index is 12.8. The lowest BCUT2D eigenvalue weighted by molar-refractivity contribution is -0.142. The van der Waals surface area contributed by atoms with Crippen LogP contribution in [-0.2, 0) is 11.0 Å². The van der Waals surface area contributed by atoms with Crippen LogP contribution >= 0.6 is 0 Å². The van der Waals surface area contributed by atoms with Crippen LogP contribution < -0.4 is 4.90 Å². The van der Waals surface area contributed by atoms with E-state index >= 15 is 0 Å². The molecule has 1 aromatic rings. The van der Waals surface area contributed by atoms with Gasteiger partial charge in [0.1, 0.15) is 23.1 Å². The molecule has 0 bridgehead atoms. The first-order valence-corrected chi connectivity index (χ1v) is 6.19. The van der Waals surface area contributed by atoms with Gasteiger partial charge in [-0.2, -0.15) is 18.4 Å². The van der Waals surface area contributed by atoms with E-state index in [9.17, 15) is 23.1 Å². The smallest absolute Gasteiger partial charge is 0.433 e. The minimum Gasteiger partial charge on any atom is -0.480 e. The van der Waals surface area contributed by atoms with Crippen molar-refractivity contribution in [3.63, 3.8) is 0 Å². The van der Waals surface area contributed by atoms with E-state index in [-0.39, 0.29) is 24.3 Å². The van der Waals surface area contributed by atoms with Crippen LogP contribution in [0.5, 0.6) is 0 Å². The molecular formula is C13H12F3N3O2. The van der Waals surface area contributed by atoms with Crippen molar-refractivity contribution in [3.8, 4) is 6.07 Å². The van der Waals surface area contributed by atoms with Crippen LogP contribution in [0.2, 0.25) is 0 Å². The molecule has 1 aliphatic heterocycles. The molecule has 0 amide bonds. The van der Waals surface area contributed by atoms with Crippen LogP contribution in [0.1, 0.15) is 31.0 Å². The summed E-state index contributed by atoms with van der Waals surface area (Å²) in [4.78, 5) is 16.2. The minimum absolute atomic E-state index is 0.0719. The van der Waals surface area contributed by atoms with Gasteiger partial charge in [-0.05, 0) is 31.9 Å². The molecule has 1 unspecified atom stereocenters. The van der Waals surface area contributed by atoms with E-state index < -0.39 is 23.4 Å². The number of pyridine rings is 1. The molecule has 0 aliphatic carbocycles. The molecule has 1 atom stereocenters. The van der Waals surface area contributed by atoms with Gasteiger partial charge in [-0.15, -0.1) is 0 Å². The summed E-state index contributed by atoms with van der Waals surface area (Å²) in [6.07, 6.45) is -3.86. The summed E-state index contributed by atoms with van der Waals surface area (Å²) in [6, 6.07) is 3.50. The lowest BCUT2D eigenvalue weighted by Crippen LogP contribution is -2.49. The third-order valence-electron chi connectivity index (χ3n) is 3.64. The van der Waals surface area contributed by atoms with Crippen LogP contribution in [0.15, 0.2) is 12.1 Å². The summed E-state index contributed by atoms with van der Waals surface area (Å²) < 4.78 is 38.3. The number of rotatable bonds is 2. The Hall–Kier alpha value is -2.30. The second kappa shape index (κ2) is 4.91. The maximum absolute atomic E-state index is 12.8. The van der Waals surface area contributed by atoms with Gasteiger partial charge in [0.2, 0.25) is 0 Å². The fourth-order valence-electron chi connectivity index (χ4n) is 2.42. The van der Waals surface area contributed by atoms with Crippen molar-refractivity contribution in [3.05, 3.63) is 23.4 Å². The van der Waals surface area contributed by atoms with E-state index in [2.05, 4.69) is 4.98 Å². The van der Waals surface area contributed by atoms with Gasteiger partial charge in [0.15, 0.2) is 0 Å². The van der Waals surface area contributed by atoms with Crippen molar-refractivity contribution in [1.29, 1.82) is 5.26 Å². The number of aromatic nitrogens is 1. The number of carboxylic acid groups (broad SMARTS) is 1. The summed E-state index contributed by atoms with van der Waals surface area (Å²) in [5, 5.41) is 18.4. The van der Waals surface area contributed by atoms with Crippen molar-refractivity contribution in [2.24, 2.45) is 0 Å². The normalized spacial score (nSPS) is 22.1. The first kappa shape index (κ1) is 15.1. The van der Waals surface area contributed by atoms with Crippen LogP contribution in [0.25, 0.3) is 0 Å². The summed E-state index contributed by atoms with van der Waals surface area (Å²) in [5.41, 5.74) is -2.57. The molecule has 0 saturated carbocycles. The van der Waals surface area contributed by atoms with Crippen LogP contribution in [-0.4, -0.2) is 28.1 Å². The molecule has 1 fully saturated rings. The van der Waals surface area contributed by atoms with Gasteiger partial charge in [0.05, 0.1) is 5.56 Å². The summed E-state index contributed by atoms with van der Waals surface area (Å²) >= 11 is 0. The number of aliphatic carboxylic acids is 1. The molecule has 1 aliphatic rings. The molecule has 21 heavy (non-hydrogen) atoms. The molecular weight excluding hydrogens is 287 g/mol. The Morgan fingerprint density at radius 1 is 1.52 bits per heavy atom. The molecule has 1 saturated heterocycles. The zero-order valence-electron chi connectivity index (χ0n) is 11.1. The van der Waals surface area contributed by atoms with E-state index in [1.165, 1.54) is 11.8 Å². The first-order valence-electron chi connectivity index (χ1n) is 6.19. The Morgan fingerprint density at radius 3 is 2.71 bits per heavy atom. The van der Waals surface area contributed by atoms with Gasteiger partial charge in [-0.3, -0.25) is 0 Å². The van der Waals surface area contributed by atoms with Crippen molar-refractivity contribution in [2.45, 2.75) is 31.5 Å². The lowest BCUT2D eigenvalue weighted by Gasteiger charge is -2.32. The molecule has 0 spiro atoms. The van der Waals surface area contributed by atoms with Gasteiger partial charge in [-0.1, -0.05) is 0 Å². The quantitative estimate of drug-likeness (QED) is 0.907. The zero-order chi connectivity index (χ0) is 15.8.